The summed E-state index contributed by atoms with van der Waals surface area (Å²) in [6, 6.07) is 4.14. The topological polar surface area (TPSA) is 50.9 Å². The summed E-state index contributed by atoms with van der Waals surface area (Å²) in [7, 11) is 0. The number of pyridine rings is 1. The molecule has 0 aromatic carbocycles. The maximum absolute atomic E-state index is 5.39. The van der Waals surface area contributed by atoms with Gasteiger partial charge in [-0.05, 0) is 24.0 Å². The molecule has 0 bridgehead atoms. The fraction of sp³-hybridized carbons (Fsp3) is 0.545. The van der Waals surface area contributed by atoms with Gasteiger partial charge < -0.3 is 11.1 Å². The highest BCUT2D eigenvalue weighted by molar-refractivity contribution is 5.36. The number of nitrogens with zero attached hydrogens (tertiary/aromatic N) is 1. The molecule has 3 N–H and O–H groups in total. The minimum Gasteiger partial charge on any atom is -0.369 e. The largest absolute Gasteiger partial charge is 0.369 e. The SMILES string of the molecule is CCC(C)c1ccc(NCCN)nc1. The number of nitrogens with one attached hydrogen (secondary N) is 1. The smallest absolute Gasteiger partial charge is 0.125 e. The van der Waals surface area contributed by atoms with Gasteiger partial charge in [-0.3, -0.25) is 0 Å². The van der Waals surface area contributed by atoms with Crippen molar-refractivity contribution >= 4 is 5.82 Å². The molecular weight excluding hydrogens is 174 g/mol. The Bertz CT molecular complexity index is 256. The Morgan fingerprint density at radius 2 is 2.29 bits per heavy atom. The predicted molar refractivity (Wildman–Crippen MR) is 60.5 cm³/mol. The second-order valence-corrected chi connectivity index (χ2v) is 3.50. The zero-order chi connectivity index (χ0) is 10.4. The van der Waals surface area contributed by atoms with Crippen molar-refractivity contribution in [3.8, 4) is 0 Å². The summed E-state index contributed by atoms with van der Waals surface area (Å²) >= 11 is 0. The first-order chi connectivity index (χ1) is 6.77. The average molecular weight is 193 g/mol. The first-order valence-corrected chi connectivity index (χ1v) is 5.17. The standard InChI is InChI=1S/C11H19N3/c1-3-9(2)10-4-5-11(14-8-10)13-7-6-12/h4-5,8-9H,3,6-7,12H2,1-2H3,(H,13,14). The Morgan fingerprint density at radius 1 is 1.50 bits per heavy atom. The third-order valence-electron chi connectivity index (χ3n) is 2.42. The second kappa shape index (κ2) is 5.60. The van der Waals surface area contributed by atoms with Crippen LogP contribution in [0.3, 0.4) is 0 Å². The van der Waals surface area contributed by atoms with Crippen LogP contribution in [0.25, 0.3) is 0 Å². The Labute approximate surface area is 85.7 Å². The van der Waals surface area contributed by atoms with Crippen LogP contribution in [0.5, 0.6) is 0 Å². The molecule has 1 heterocycles. The van der Waals surface area contributed by atoms with Crippen molar-refractivity contribution in [2.75, 3.05) is 18.4 Å². The minimum atomic E-state index is 0.589. The average Bonchev–Trinajstić information content (AvgIpc) is 2.26. The summed E-state index contributed by atoms with van der Waals surface area (Å²) in [5.41, 5.74) is 6.68. The summed E-state index contributed by atoms with van der Waals surface area (Å²) in [4.78, 5) is 4.32. The van der Waals surface area contributed by atoms with Gasteiger partial charge in [0.05, 0.1) is 0 Å². The molecular formula is C11H19N3. The van der Waals surface area contributed by atoms with Crippen LogP contribution < -0.4 is 11.1 Å². The molecule has 0 aliphatic heterocycles. The number of aromatic nitrogens is 1. The molecule has 1 rings (SSSR count). The van der Waals surface area contributed by atoms with Gasteiger partial charge in [0.2, 0.25) is 0 Å². The van der Waals surface area contributed by atoms with E-state index in [1.807, 2.05) is 12.3 Å². The predicted octanol–water partition coefficient (Wildman–Crippen LogP) is 1.97. The van der Waals surface area contributed by atoms with Crippen LogP contribution in [0, 0.1) is 0 Å². The zero-order valence-electron chi connectivity index (χ0n) is 8.96. The number of rotatable bonds is 5. The molecule has 1 atom stereocenters. The van der Waals surface area contributed by atoms with Crippen LogP contribution in [-0.2, 0) is 0 Å². The molecule has 0 aliphatic rings. The molecule has 0 spiro atoms. The maximum atomic E-state index is 5.39. The van der Waals surface area contributed by atoms with E-state index in [2.05, 4.69) is 30.2 Å². The molecule has 3 nitrogen and oxygen atoms in total. The van der Waals surface area contributed by atoms with Crippen molar-refractivity contribution in [2.24, 2.45) is 5.73 Å². The van der Waals surface area contributed by atoms with E-state index in [1.54, 1.807) is 0 Å². The molecule has 0 fully saturated rings. The van der Waals surface area contributed by atoms with Crippen LogP contribution in [0.1, 0.15) is 31.7 Å². The number of hydrogen-bond donors (Lipinski definition) is 2. The molecule has 0 amide bonds. The van der Waals surface area contributed by atoms with Crippen LogP contribution in [0.4, 0.5) is 5.82 Å². The van der Waals surface area contributed by atoms with Gasteiger partial charge in [0.1, 0.15) is 5.82 Å². The fourth-order valence-corrected chi connectivity index (χ4v) is 1.24. The van der Waals surface area contributed by atoms with Crippen molar-refractivity contribution < 1.29 is 0 Å². The summed E-state index contributed by atoms with van der Waals surface area (Å²) < 4.78 is 0. The number of anilines is 1. The highest BCUT2D eigenvalue weighted by Crippen LogP contribution is 2.18. The van der Waals surface area contributed by atoms with Gasteiger partial charge in [0, 0.05) is 19.3 Å². The molecule has 0 radical (unpaired) electrons. The number of nitrogens with two attached hydrogens (primary N) is 1. The maximum Gasteiger partial charge on any atom is 0.125 e. The van der Waals surface area contributed by atoms with Gasteiger partial charge in [-0.25, -0.2) is 4.98 Å². The van der Waals surface area contributed by atoms with Gasteiger partial charge in [-0.1, -0.05) is 19.9 Å². The third-order valence-corrected chi connectivity index (χ3v) is 2.42. The molecule has 3 heteroatoms. The normalized spacial score (nSPS) is 12.5. The lowest BCUT2D eigenvalue weighted by molar-refractivity contribution is 0.730. The fourth-order valence-electron chi connectivity index (χ4n) is 1.24. The van der Waals surface area contributed by atoms with E-state index in [9.17, 15) is 0 Å². The summed E-state index contributed by atoms with van der Waals surface area (Å²) in [5, 5.41) is 3.14. The van der Waals surface area contributed by atoms with E-state index < -0.39 is 0 Å². The van der Waals surface area contributed by atoms with E-state index in [-0.39, 0.29) is 0 Å². The first-order valence-electron chi connectivity index (χ1n) is 5.17. The molecule has 1 aromatic rings. The lowest BCUT2D eigenvalue weighted by Gasteiger charge is -2.09. The second-order valence-electron chi connectivity index (χ2n) is 3.50. The van der Waals surface area contributed by atoms with Crippen molar-refractivity contribution in [3.05, 3.63) is 23.9 Å². The lowest BCUT2D eigenvalue weighted by atomic mass is 10.0. The lowest BCUT2D eigenvalue weighted by Crippen LogP contribution is -2.13. The quantitative estimate of drug-likeness (QED) is 0.751. The molecule has 0 saturated carbocycles. The Hall–Kier alpha value is -1.09. The van der Waals surface area contributed by atoms with Crippen molar-refractivity contribution in [1.82, 2.24) is 4.98 Å². The highest BCUT2D eigenvalue weighted by atomic mass is 15.0. The van der Waals surface area contributed by atoms with E-state index in [0.717, 1.165) is 18.8 Å². The van der Waals surface area contributed by atoms with E-state index in [0.29, 0.717) is 12.5 Å². The van der Waals surface area contributed by atoms with Gasteiger partial charge >= 0.3 is 0 Å². The van der Waals surface area contributed by atoms with Crippen LogP contribution in [-0.4, -0.2) is 18.1 Å². The third kappa shape index (κ3) is 3.00. The van der Waals surface area contributed by atoms with Gasteiger partial charge in [-0.15, -0.1) is 0 Å². The Morgan fingerprint density at radius 3 is 2.79 bits per heavy atom. The van der Waals surface area contributed by atoms with E-state index in [4.69, 9.17) is 5.73 Å². The molecule has 14 heavy (non-hydrogen) atoms. The first kappa shape index (κ1) is 11.0. The van der Waals surface area contributed by atoms with E-state index in [1.165, 1.54) is 5.56 Å². The van der Waals surface area contributed by atoms with Crippen molar-refractivity contribution in [3.63, 3.8) is 0 Å². The Balaban J connectivity index is 2.59. The summed E-state index contributed by atoms with van der Waals surface area (Å²) in [5.74, 6) is 1.49. The van der Waals surface area contributed by atoms with E-state index >= 15 is 0 Å². The monoisotopic (exact) mass is 193 g/mol. The summed E-state index contributed by atoms with van der Waals surface area (Å²) in [6.45, 7) is 5.81. The highest BCUT2D eigenvalue weighted by Gasteiger charge is 2.02. The van der Waals surface area contributed by atoms with Crippen LogP contribution in [0.15, 0.2) is 18.3 Å². The molecule has 0 aliphatic carbocycles. The van der Waals surface area contributed by atoms with Crippen LogP contribution in [0.2, 0.25) is 0 Å². The van der Waals surface area contributed by atoms with Crippen molar-refractivity contribution in [1.29, 1.82) is 0 Å². The Kier molecular flexibility index (Phi) is 4.40. The van der Waals surface area contributed by atoms with Gasteiger partial charge in [0.15, 0.2) is 0 Å². The molecule has 1 aromatic heterocycles. The molecule has 1 unspecified atom stereocenters. The van der Waals surface area contributed by atoms with Gasteiger partial charge in [0.25, 0.3) is 0 Å². The van der Waals surface area contributed by atoms with Crippen molar-refractivity contribution in [2.45, 2.75) is 26.2 Å². The molecule has 78 valence electrons. The van der Waals surface area contributed by atoms with Crippen LogP contribution >= 0.6 is 0 Å². The summed E-state index contributed by atoms with van der Waals surface area (Å²) in [6.07, 6.45) is 3.09. The molecule has 0 saturated heterocycles. The zero-order valence-corrected chi connectivity index (χ0v) is 8.96. The number of hydrogen-bond acceptors (Lipinski definition) is 3. The van der Waals surface area contributed by atoms with Gasteiger partial charge in [-0.2, -0.15) is 0 Å². The minimum absolute atomic E-state index is 0.589.